The average molecular weight is 260 g/mol. The molecule has 18 heavy (non-hydrogen) atoms. The van der Waals surface area contributed by atoms with Crippen molar-refractivity contribution in [3.8, 4) is 0 Å². The molecule has 94 valence electrons. The van der Waals surface area contributed by atoms with Crippen molar-refractivity contribution in [2.75, 3.05) is 11.9 Å². The van der Waals surface area contributed by atoms with Crippen molar-refractivity contribution in [1.82, 2.24) is 15.0 Å². The number of thioether (sulfide) groups is 1. The van der Waals surface area contributed by atoms with Gasteiger partial charge in [0.1, 0.15) is 5.82 Å². The van der Waals surface area contributed by atoms with Crippen LogP contribution in [0, 0.1) is 6.92 Å². The lowest BCUT2D eigenvalue weighted by atomic mass is 10.3. The number of pyridine rings is 1. The van der Waals surface area contributed by atoms with E-state index in [4.69, 9.17) is 0 Å². The van der Waals surface area contributed by atoms with Gasteiger partial charge >= 0.3 is 0 Å². The van der Waals surface area contributed by atoms with E-state index in [1.807, 2.05) is 25.3 Å². The highest BCUT2D eigenvalue weighted by atomic mass is 32.2. The second-order valence-electron chi connectivity index (χ2n) is 3.85. The van der Waals surface area contributed by atoms with Gasteiger partial charge in [-0.25, -0.2) is 15.0 Å². The highest BCUT2D eigenvalue weighted by Gasteiger charge is 2.00. The van der Waals surface area contributed by atoms with Crippen LogP contribution in [-0.4, -0.2) is 21.5 Å². The van der Waals surface area contributed by atoms with Crippen molar-refractivity contribution in [3.63, 3.8) is 0 Å². The normalized spacial score (nSPS) is 10.3. The first kappa shape index (κ1) is 12.8. The molecule has 0 radical (unpaired) electrons. The monoisotopic (exact) mass is 260 g/mol. The molecule has 0 aliphatic rings. The molecule has 0 amide bonds. The Balaban J connectivity index is 1.93. The van der Waals surface area contributed by atoms with Gasteiger partial charge in [0, 0.05) is 30.4 Å². The minimum atomic E-state index is 0.811. The van der Waals surface area contributed by atoms with Crippen LogP contribution in [0.2, 0.25) is 0 Å². The first-order valence-electron chi connectivity index (χ1n) is 5.89. The van der Waals surface area contributed by atoms with Crippen LogP contribution < -0.4 is 5.32 Å². The third-order valence-corrected chi connectivity index (χ3v) is 3.26. The average Bonchev–Trinajstić information content (AvgIpc) is 2.38. The summed E-state index contributed by atoms with van der Waals surface area (Å²) in [5, 5.41) is 3.98. The van der Waals surface area contributed by atoms with E-state index in [0.717, 1.165) is 29.0 Å². The molecule has 0 aromatic carbocycles. The summed E-state index contributed by atoms with van der Waals surface area (Å²) in [7, 11) is 0. The van der Waals surface area contributed by atoms with E-state index >= 15 is 0 Å². The Morgan fingerprint density at radius 1 is 1.22 bits per heavy atom. The van der Waals surface area contributed by atoms with E-state index in [0.29, 0.717) is 0 Å². The SMILES string of the molecule is CCNc1ccc(CSc2nccc(C)n2)cn1. The van der Waals surface area contributed by atoms with Crippen molar-refractivity contribution in [1.29, 1.82) is 0 Å². The number of anilines is 1. The maximum atomic E-state index is 4.35. The predicted octanol–water partition coefficient (Wildman–Crippen LogP) is 2.90. The second-order valence-corrected chi connectivity index (χ2v) is 4.79. The third kappa shape index (κ3) is 3.70. The Morgan fingerprint density at radius 3 is 2.78 bits per heavy atom. The van der Waals surface area contributed by atoms with E-state index in [9.17, 15) is 0 Å². The maximum Gasteiger partial charge on any atom is 0.188 e. The molecular formula is C13H16N4S. The number of aryl methyl sites for hydroxylation is 1. The number of nitrogens with zero attached hydrogens (tertiary/aromatic N) is 3. The summed E-state index contributed by atoms with van der Waals surface area (Å²) in [5.74, 6) is 1.75. The molecule has 0 atom stereocenters. The minimum Gasteiger partial charge on any atom is -0.370 e. The van der Waals surface area contributed by atoms with Gasteiger partial charge in [0.05, 0.1) is 0 Å². The summed E-state index contributed by atoms with van der Waals surface area (Å²) in [4.78, 5) is 12.9. The summed E-state index contributed by atoms with van der Waals surface area (Å²) in [6.07, 6.45) is 3.68. The molecule has 2 heterocycles. The molecule has 0 aliphatic heterocycles. The van der Waals surface area contributed by atoms with Crippen molar-refractivity contribution >= 4 is 17.6 Å². The molecular weight excluding hydrogens is 244 g/mol. The zero-order chi connectivity index (χ0) is 12.8. The van der Waals surface area contributed by atoms with Gasteiger partial charge in [-0.3, -0.25) is 0 Å². The maximum absolute atomic E-state index is 4.35. The van der Waals surface area contributed by atoms with Crippen LogP contribution in [0.5, 0.6) is 0 Å². The minimum absolute atomic E-state index is 0.811. The van der Waals surface area contributed by atoms with Crippen LogP contribution in [0.1, 0.15) is 18.2 Å². The van der Waals surface area contributed by atoms with E-state index in [2.05, 4.69) is 33.3 Å². The fourth-order valence-corrected chi connectivity index (χ4v) is 2.25. The molecule has 1 N–H and O–H groups in total. The van der Waals surface area contributed by atoms with E-state index in [-0.39, 0.29) is 0 Å². The first-order valence-corrected chi connectivity index (χ1v) is 6.87. The fraction of sp³-hybridized carbons (Fsp3) is 0.308. The smallest absolute Gasteiger partial charge is 0.188 e. The van der Waals surface area contributed by atoms with Gasteiger partial charge < -0.3 is 5.32 Å². The third-order valence-electron chi connectivity index (χ3n) is 2.32. The highest BCUT2D eigenvalue weighted by molar-refractivity contribution is 7.98. The Hall–Kier alpha value is -1.62. The molecule has 5 heteroatoms. The van der Waals surface area contributed by atoms with Gasteiger partial charge in [-0.05, 0) is 31.5 Å². The molecule has 0 aliphatic carbocycles. The Labute approximate surface area is 111 Å². The largest absolute Gasteiger partial charge is 0.370 e. The molecule has 0 spiro atoms. The lowest BCUT2D eigenvalue weighted by Crippen LogP contribution is -1.98. The molecule has 4 nitrogen and oxygen atoms in total. The number of hydrogen-bond donors (Lipinski definition) is 1. The summed E-state index contributed by atoms with van der Waals surface area (Å²) < 4.78 is 0. The molecule has 0 unspecified atom stereocenters. The summed E-state index contributed by atoms with van der Waals surface area (Å²) in [6, 6.07) is 5.97. The van der Waals surface area contributed by atoms with Gasteiger partial charge in [-0.15, -0.1) is 0 Å². The van der Waals surface area contributed by atoms with Gasteiger partial charge in [0.2, 0.25) is 0 Å². The first-order chi connectivity index (χ1) is 8.78. The van der Waals surface area contributed by atoms with E-state index < -0.39 is 0 Å². The molecule has 0 fully saturated rings. The van der Waals surface area contributed by atoms with Gasteiger partial charge in [-0.1, -0.05) is 17.8 Å². The van der Waals surface area contributed by atoms with E-state index in [1.54, 1.807) is 18.0 Å². The van der Waals surface area contributed by atoms with Crippen molar-refractivity contribution in [2.24, 2.45) is 0 Å². The zero-order valence-electron chi connectivity index (χ0n) is 10.6. The lowest BCUT2D eigenvalue weighted by molar-refractivity contribution is 0.931. The van der Waals surface area contributed by atoms with Crippen molar-refractivity contribution < 1.29 is 0 Å². The number of hydrogen-bond acceptors (Lipinski definition) is 5. The van der Waals surface area contributed by atoms with Crippen LogP contribution in [-0.2, 0) is 5.75 Å². The Bertz CT molecular complexity index is 499. The van der Waals surface area contributed by atoms with Crippen LogP contribution >= 0.6 is 11.8 Å². The van der Waals surface area contributed by atoms with Gasteiger partial charge in [0.15, 0.2) is 5.16 Å². The van der Waals surface area contributed by atoms with Crippen LogP contribution in [0.15, 0.2) is 35.7 Å². The van der Waals surface area contributed by atoms with Crippen molar-refractivity contribution in [3.05, 3.63) is 41.9 Å². The summed E-state index contributed by atoms with van der Waals surface area (Å²) in [5.41, 5.74) is 2.17. The number of rotatable bonds is 5. The number of nitrogens with one attached hydrogen (secondary N) is 1. The molecule has 2 rings (SSSR count). The fourth-order valence-electron chi connectivity index (χ4n) is 1.44. The Kier molecular flexibility index (Phi) is 4.52. The Morgan fingerprint density at radius 2 is 2.11 bits per heavy atom. The standard InChI is InChI=1S/C13H16N4S/c1-3-14-12-5-4-11(8-16-12)9-18-13-15-7-6-10(2)17-13/h4-8H,3,9H2,1-2H3,(H,14,16). The molecule has 2 aromatic heterocycles. The second kappa shape index (κ2) is 6.35. The van der Waals surface area contributed by atoms with Gasteiger partial charge in [0.25, 0.3) is 0 Å². The molecule has 0 bridgehead atoms. The van der Waals surface area contributed by atoms with Crippen LogP contribution in [0.25, 0.3) is 0 Å². The predicted molar refractivity (Wildman–Crippen MR) is 74.7 cm³/mol. The highest BCUT2D eigenvalue weighted by Crippen LogP contribution is 2.19. The molecule has 0 saturated heterocycles. The zero-order valence-corrected chi connectivity index (χ0v) is 11.4. The summed E-state index contributed by atoms with van der Waals surface area (Å²) in [6.45, 7) is 4.91. The number of aromatic nitrogens is 3. The quantitative estimate of drug-likeness (QED) is 0.661. The van der Waals surface area contributed by atoms with E-state index in [1.165, 1.54) is 5.56 Å². The topological polar surface area (TPSA) is 50.7 Å². The van der Waals surface area contributed by atoms with Crippen molar-refractivity contribution in [2.45, 2.75) is 24.8 Å². The lowest BCUT2D eigenvalue weighted by Gasteiger charge is -2.04. The van der Waals surface area contributed by atoms with Crippen LogP contribution in [0.3, 0.4) is 0 Å². The van der Waals surface area contributed by atoms with Crippen LogP contribution in [0.4, 0.5) is 5.82 Å². The summed E-state index contributed by atoms with van der Waals surface area (Å²) >= 11 is 1.62. The molecule has 2 aromatic rings. The van der Waals surface area contributed by atoms with Gasteiger partial charge in [-0.2, -0.15) is 0 Å². The molecule has 0 saturated carbocycles.